The Balaban J connectivity index is 1.92. The normalized spacial score (nSPS) is 17.1. The zero-order valence-electron chi connectivity index (χ0n) is 11.8. The molecule has 1 saturated carbocycles. The summed E-state index contributed by atoms with van der Waals surface area (Å²) in [6, 6.07) is 4.01. The van der Waals surface area contributed by atoms with Gasteiger partial charge in [0.1, 0.15) is 0 Å². The van der Waals surface area contributed by atoms with Gasteiger partial charge in [-0.3, -0.25) is 0 Å². The molecule has 1 aliphatic rings. The monoisotopic (exact) mass is 315 g/mol. The number of hydrogen-bond donors (Lipinski definition) is 2. The molecule has 1 fully saturated rings. The highest BCUT2D eigenvalue weighted by atomic mass is 32.2. The second-order valence-corrected chi connectivity index (χ2v) is 8.05. The molecule has 0 aromatic carbocycles. The lowest BCUT2D eigenvalue weighted by molar-refractivity contribution is 0.577. The molecule has 112 valence electrons. The van der Waals surface area contributed by atoms with E-state index in [-0.39, 0.29) is 10.3 Å². The third kappa shape index (κ3) is 4.73. The van der Waals surface area contributed by atoms with Crippen molar-refractivity contribution in [3.05, 3.63) is 23.9 Å². The molecular weight excluding hydrogens is 294 g/mol. The van der Waals surface area contributed by atoms with Crippen LogP contribution in [0.4, 0.5) is 0 Å². The van der Waals surface area contributed by atoms with Crippen LogP contribution >= 0.6 is 11.8 Å². The van der Waals surface area contributed by atoms with E-state index in [0.717, 1.165) is 12.1 Å². The summed E-state index contributed by atoms with van der Waals surface area (Å²) in [4.78, 5) is 4.06. The quantitative estimate of drug-likeness (QED) is 0.758. The SMILES string of the molecule is CSC(C)CNS(=O)(=O)c1ccc(CNC2CC2)cn1. The van der Waals surface area contributed by atoms with E-state index in [1.165, 1.54) is 12.8 Å². The molecule has 0 spiro atoms. The first-order chi connectivity index (χ1) is 9.51. The molecule has 2 rings (SSSR count). The average molecular weight is 315 g/mol. The van der Waals surface area contributed by atoms with Crippen LogP contribution in [0.3, 0.4) is 0 Å². The predicted octanol–water partition coefficient (Wildman–Crippen LogP) is 1.36. The molecule has 7 heteroatoms. The van der Waals surface area contributed by atoms with Gasteiger partial charge in [0.05, 0.1) is 0 Å². The van der Waals surface area contributed by atoms with E-state index in [0.29, 0.717) is 12.6 Å². The molecule has 1 unspecified atom stereocenters. The van der Waals surface area contributed by atoms with Gasteiger partial charge >= 0.3 is 0 Å². The minimum absolute atomic E-state index is 0.0842. The van der Waals surface area contributed by atoms with Crippen molar-refractivity contribution in [1.29, 1.82) is 0 Å². The molecule has 1 aromatic rings. The number of aromatic nitrogens is 1. The van der Waals surface area contributed by atoms with Crippen LogP contribution in [0.1, 0.15) is 25.3 Å². The summed E-state index contributed by atoms with van der Waals surface area (Å²) in [5.74, 6) is 0. The summed E-state index contributed by atoms with van der Waals surface area (Å²) >= 11 is 1.62. The standard InChI is InChI=1S/C13H21N3O2S2/c1-10(19-2)7-16-20(17,18)13-6-3-11(9-15-13)8-14-12-4-5-12/h3,6,9-10,12,14,16H,4-5,7-8H2,1-2H3. The van der Waals surface area contributed by atoms with Crippen molar-refractivity contribution in [2.24, 2.45) is 0 Å². The number of sulfonamides is 1. The highest BCUT2D eigenvalue weighted by Gasteiger charge is 2.20. The summed E-state index contributed by atoms with van der Waals surface area (Å²) in [7, 11) is -3.50. The third-order valence-electron chi connectivity index (χ3n) is 3.21. The Bertz CT molecular complexity index is 527. The maximum absolute atomic E-state index is 12.0. The average Bonchev–Trinajstić information content (AvgIpc) is 3.27. The van der Waals surface area contributed by atoms with Crippen LogP contribution in [0.15, 0.2) is 23.4 Å². The highest BCUT2D eigenvalue weighted by molar-refractivity contribution is 7.99. The lowest BCUT2D eigenvalue weighted by atomic mass is 10.3. The fraction of sp³-hybridized carbons (Fsp3) is 0.615. The smallest absolute Gasteiger partial charge is 0.258 e. The Kier molecular flexibility index (Phi) is 5.42. The molecule has 2 N–H and O–H groups in total. The fourth-order valence-corrected chi connectivity index (χ4v) is 3.02. The van der Waals surface area contributed by atoms with Gasteiger partial charge in [-0.25, -0.2) is 18.1 Å². The van der Waals surface area contributed by atoms with Crippen LogP contribution in [0.25, 0.3) is 0 Å². The molecule has 0 amide bonds. The Hall–Kier alpha value is -0.630. The summed E-state index contributed by atoms with van der Waals surface area (Å²) in [5.41, 5.74) is 1.01. The minimum Gasteiger partial charge on any atom is -0.310 e. The molecule has 1 aliphatic carbocycles. The van der Waals surface area contributed by atoms with Gasteiger partial charge < -0.3 is 5.32 Å². The van der Waals surface area contributed by atoms with Gasteiger partial charge in [-0.05, 0) is 30.7 Å². The summed E-state index contributed by atoms with van der Waals surface area (Å²) < 4.78 is 26.7. The second-order valence-electron chi connectivity index (χ2n) is 5.06. The Morgan fingerprint density at radius 1 is 1.45 bits per heavy atom. The van der Waals surface area contributed by atoms with Crippen molar-refractivity contribution in [2.45, 2.75) is 42.6 Å². The van der Waals surface area contributed by atoms with Crippen molar-refractivity contribution in [3.63, 3.8) is 0 Å². The first-order valence-corrected chi connectivity index (χ1v) is 9.49. The van der Waals surface area contributed by atoms with E-state index in [1.807, 2.05) is 19.2 Å². The number of hydrogen-bond acceptors (Lipinski definition) is 5. The van der Waals surface area contributed by atoms with Crippen LogP contribution in [-0.4, -0.2) is 37.5 Å². The van der Waals surface area contributed by atoms with Crippen molar-refractivity contribution < 1.29 is 8.42 Å². The van der Waals surface area contributed by atoms with Gasteiger partial charge in [0.2, 0.25) is 0 Å². The number of nitrogens with zero attached hydrogens (tertiary/aromatic N) is 1. The van der Waals surface area contributed by atoms with Crippen LogP contribution in [0, 0.1) is 0 Å². The number of rotatable bonds is 8. The minimum atomic E-state index is -3.50. The molecular formula is C13H21N3O2S2. The Morgan fingerprint density at radius 2 is 2.20 bits per heavy atom. The lowest BCUT2D eigenvalue weighted by Crippen LogP contribution is -2.30. The van der Waals surface area contributed by atoms with Crippen LogP contribution in [0.2, 0.25) is 0 Å². The van der Waals surface area contributed by atoms with Crippen LogP contribution < -0.4 is 10.0 Å². The molecule has 1 atom stereocenters. The fourth-order valence-electron chi connectivity index (χ4n) is 1.61. The summed E-state index contributed by atoms with van der Waals surface area (Å²) in [5, 5.41) is 3.70. The van der Waals surface area contributed by atoms with Gasteiger partial charge in [0.15, 0.2) is 5.03 Å². The lowest BCUT2D eigenvalue weighted by Gasteiger charge is -2.10. The molecule has 1 heterocycles. The van der Waals surface area contributed by atoms with E-state index in [1.54, 1.807) is 24.0 Å². The molecule has 1 aromatic heterocycles. The number of thioether (sulfide) groups is 1. The van der Waals surface area contributed by atoms with E-state index in [2.05, 4.69) is 15.0 Å². The van der Waals surface area contributed by atoms with E-state index in [9.17, 15) is 8.42 Å². The van der Waals surface area contributed by atoms with Gasteiger partial charge in [-0.15, -0.1) is 0 Å². The highest BCUT2D eigenvalue weighted by Crippen LogP contribution is 2.19. The second kappa shape index (κ2) is 6.89. The summed E-state index contributed by atoms with van der Waals surface area (Å²) in [6.07, 6.45) is 6.05. The van der Waals surface area contributed by atoms with Crippen molar-refractivity contribution in [3.8, 4) is 0 Å². The first-order valence-electron chi connectivity index (χ1n) is 6.72. The zero-order chi connectivity index (χ0) is 14.6. The summed E-state index contributed by atoms with van der Waals surface area (Å²) in [6.45, 7) is 3.14. The molecule has 5 nitrogen and oxygen atoms in total. The first kappa shape index (κ1) is 15.8. The Labute approximate surface area is 125 Å². The number of pyridine rings is 1. The largest absolute Gasteiger partial charge is 0.310 e. The van der Waals surface area contributed by atoms with Gasteiger partial charge in [-0.2, -0.15) is 11.8 Å². The Morgan fingerprint density at radius 3 is 2.75 bits per heavy atom. The molecule has 0 radical (unpaired) electrons. The van der Waals surface area contributed by atoms with Gasteiger partial charge in [-0.1, -0.05) is 13.0 Å². The predicted molar refractivity (Wildman–Crippen MR) is 82.3 cm³/mol. The van der Waals surface area contributed by atoms with E-state index >= 15 is 0 Å². The van der Waals surface area contributed by atoms with E-state index in [4.69, 9.17) is 0 Å². The topological polar surface area (TPSA) is 71.1 Å². The van der Waals surface area contributed by atoms with Crippen molar-refractivity contribution >= 4 is 21.8 Å². The van der Waals surface area contributed by atoms with Gasteiger partial charge in [0.25, 0.3) is 10.0 Å². The molecule has 0 saturated heterocycles. The van der Waals surface area contributed by atoms with Crippen molar-refractivity contribution in [1.82, 2.24) is 15.0 Å². The van der Waals surface area contributed by atoms with Crippen LogP contribution in [-0.2, 0) is 16.6 Å². The zero-order valence-corrected chi connectivity index (χ0v) is 13.4. The maximum Gasteiger partial charge on any atom is 0.258 e. The van der Waals surface area contributed by atoms with Crippen LogP contribution in [0.5, 0.6) is 0 Å². The van der Waals surface area contributed by atoms with Crippen molar-refractivity contribution in [2.75, 3.05) is 12.8 Å². The molecule has 0 aliphatic heterocycles. The molecule has 0 bridgehead atoms. The van der Waals surface area contributed by atoms with E-state index < -0.39 is 10.0 Å². The maximum atomic E-state index is 12.0. The number of nitrogens with one attached hydrogen (secondary N) is 2. The molecule has 20 heavy (non-hydrogen) atoms. The third-order valence-corrected chi connectivity index (χ3v) is 5.52. The van der Waals surface area contributed by atoms with Gasteiger partial charge in [0, 0.05) is 30.6 Å².